The van der Waals surface area contributed by atoms with E-state index in [0.717, 1.165) is 5.56 Å². The highest BCUT2D eigenvalue weighted by Crippen LogP contribution is 2.33. The standard InChI is InChI=1S/C16H18FN5O3S/c1-11-18-8-16(25-11)26(23,24)21-4-2-12(3-5-21)14-9-22-15(19-10-20-22)6-13(14)7-17/h6,8-10,12H,2-5,7H2,1H3. The fourth-order valence-electron chi connectivity index (χ4n) is 3.39. The van der Waals surface area contributed by atoms with Crippen molar-refractivity contribution >= 4 is 15.7 Å². The average molecular weight is 379 g/mol. The summed E-state index contributed by atoms with van der Waals surface area (Å²) in [7, 11) is -3.69. The van der Waals surface area contributed by atoms with Gasteiger partial charge >= 0.3 is 0 Å². The van der Waals surface area contributed by atoms with Crippen LogP contribution < -0.4 is 0 Å². The Morgan fingerprint density at radius 1 is 1.31 bits per heavy atom. The summed E-state index contributed by atoms with van der Waals surface area (Å²) in [5, 5.41) is 3.97. The number of halogens is 1. The molecule has 0 amide bonds. The van der Waals surface area contributed by atoms with Gasteiger partial charge in [0.2, 0.25) is 0 Å². The SMILES string of the molecule is Cc1ncc(S(=O)(=O)N2CCC(c3cn4ncnc4cc3CF)CC2)o1. The first kappa shape index (κ1) is 17.1. The Kier molecular flexibility index (Phi) is 4.23. The smallest absolute Gasteiger partial charge is 0.278 e. The molecule has 1 aliphatic rings. The molecule has 0 spiro atoms. The van der Waals surface area contributed by atoms with Gasteiger partial charge in [-0.2, -0.15) is 9.40 Å². The summed E-state index contributed by atoms with van der Waals surface area (Å²) < 4.78 is 46.9. The number of rotatable bonds is 4. The minimum absolute atomic E-state index is 0.0669. The summed E-state index contributed by atoms with van der Waals surface area (Å²) in [5.41, 5.74) is 2.04. The minimum atomic E-state index is -3.69. The number of aromatic nitrogens is 4. The van der Waals surface area contributed by atoms with Crippen LogP contribution in [0.4, 0.5) is 4.39 Å². The third-order valence-electron chi connectivity index (χ3n) is 4.77. The van der Waals surface area contributed by atoms with Gasteiger partial charge in [-0.25, -0.2) is 27.3 Å². The van der Waals surface area contributed by atoms with Crippen molar-refractivity contribution in [2.45, 2.75) is 37.5 Å². The molecule has 4 rings (SSSR count). The van der Waals surface area contributed by atoms with Gasteiger partial charge in [-0.3, -0.25) is 0 Å². The van der Waals surface area contributed by atoms with Crippen molar-refractivity contribution in [1.29, 1.82) is 0 Å². The van der Waals surface area contributed by atoms with Crippen molar-refractivity contribution in [3.8, 4) is 0 Å². The Morgan fingerprint density at radius 3 is 2.73 bits per heavy atom. The number of fused-ring (bicyclic) bond motifs is 1. The van der Waals surface area contributed by atoms with E-state index in [1.54, 1.807) is 23.7 Å². The van der Waals surface area contributed by atoms with Gasteiger partial charge in [0, 0.05) is 26.2 Å². The summed E-state index contributed by atoms with van der Waals surface area (Å²) in [4.78, 5) is 7.93. The maximum atomic E-state index is 13.5. The lowest BCUT2D eigenvalue weighted by molar-refractivity contribution is 0.305. The summed E-state index contributed by atoms with van der Waals surface area (Å²) >= 11 is 0. The molecule has 0 atom stereocenters. The third kappa shape index (κ3) is 2.88. The lowest BCUT2D eigenvalue weighted by Gasteiger charge is -2.31. The Bertz CT molecular complexity index is 1040. The van der Waals surface area contributed by atoms with Crippen LogP contribution in [0.15, 0.2) is 34.3 Å². The van der Waals surface area contributed by atoms with Crippen molar-refractivity contribution in [3.63, 3.8) is 0 Å². The van der Waals surface area contributed by atoms with Crippen LogP contribution in [0.3, 0.4) is 0 Å². The predicted molar refractivity (Wildman–Crippen MR) is 89.8 cm³/mol. The first-order chi connectivity index (χ1) is 12.5. The van der Waals surface area contributed by atoms with Crippen LogP contribution in [0, 0.1) is 6.92 Å². The third-order valence-corrected chi connectivity index (χ3v) is 6.51. The molecule has 0 aromatic carbocycles. The molecule has 0 bridgehead atoms. The van der Waals surface area contributed by atoms with Gasteiger partial charge in [-0.05, 0) is 36.0 Å². The Balaban J connectivity index is 1.55. The van der Waals surface area contributed by atoms with Gasteiger partial charge in [-0.15, -0.1) is 0 Å². The van der Waals surface area contributed by atoms with E-state index in [2.05, 4.69) is 15.1 Å². The largest absolute Gasteiger partial charge is 0.428 e. The highest BCUT2D eigenvalue weighted by atomic mass is 32.2. The molecule has 1 saturated heterocycles. The van der Waals surface area contributed by atoms with E-state index in [9.17, 15) is 12.8 Å². The Hall–Kier alpha value is -2.33. The zero-order valence-corrected chi connectivity index (χ0v) is 15.0. The second-order valence-electron chi connectivity index (χ2n) is 6.33. The zero-order chi connectivity index (χ0) is 18.3. The van der Waals surface area contributed by atoms with E-state index in [4.69, 9.17) is 4.42 Å². The molecular weight excluding hydrogens is 361 g/mol. The normalized spacial score (nSPS) is 17.2. The maximum absolute atomic E-state index is 13.5. The lowest BCUT2D eigenvalue weighted by atomic mass is 9.88. The van der Waals surface area contributed by atoms with Crippen LogP contribution in [0.5, 0.6) is 0 Å². The molecular formula is C16H18FN5O3S. The number of alkyl halides is 1. The molecule has 0 aliphatic carbocycles. The maximum Gasteiger partial charge on any atom is 0.278 e. The predicted octanol–water partition coefficient (Wildman–Crippen LogP) is 2.06. The topological polar surface area (TPSA) is 93.6 Å². The molecule has 3 aromatic rings. The molecule has 1 fully saturated rings. The van der Waals surface area contributed by atoms with Crippen LogP contribution in [0.2, 0.25) is 0 Å². The molecule has 138 valence electrons. The van der Waals surface area contributed by atoms with Gasteiger partial charge in [0.15, 0.2) is 11.5 Å². The number of aryl methyl sites for hydroxylation is 1. The summed E-state index contributed by atoms with van der Waals surface area (Å²) in [6.07, 6.45) is 5.65. The van der Waals surface area contributed by atoms with Crippen LogP contribution >= 0.6 is 0 Å². The van der Waals surface area contributed by atoms with Crippen LogP contribution in [0.1, 0.15) is 35.8 Å². The number of hydrogen-bond acceptors (Lipinski definition) is 6. The molecule has 4 heterocycles. The van der Waals surface area contributed by atoms with E-state index in [0.29, 0.717) is 43.0 Å². The number of sulfonamides is 1. The van der Waals surface area contributed by atoms with Crippen molar-refractivity contribution in [2.24, 2.45) is 0 Å². The highest BCUT2D eigenvalue weighted by molar-refractivity contribution is 7.89. The van der Waals surface area contributed by atoms with Crippen LogP contribution in [-0.2, 0) is 16.7 Å². The number of piperidine rings is 1. The van der Waals surface area contributed by atoms with E-state index in [1.807, 2.05) is 0 Å². The average Bonchev–Trinajstić information content (AvgIpc) is 3.29. The first-order valence-corrected chi connectivity index (χ1v) is 9.74. The van der Waals surface area contributed by atoms with Crippen molar-refractivity contribution in [1.82, 2.24) is 23.9 Å². The second kappa shape index (κ2) is 6.44. The molecule has 3 aromatic heterocycles. The Labute approximate surface area is 149 Å². The molecule has 0 unspecified atom stereocenters. The highest BCUT2D eigenvalue weighted by Gasteiger charge is 2.33. The number of hydrogen-bond donors (Lipinski definition) is 0. The molecule has 8 nitrogen and oxygen atoms in total. The van der Waals surface area contributed by atoms with Crippen molar-refractivity contribution in [2.75, 3.05) is 13.1 Å². The van der Waals surface area contributed by atoms with E-state index in [-0.39, 0.29) is 11.0 Å². The first-order valence-electron chi connectivity index (χ1n) is 8.30. The van der Waals surface area contributed by atoms with Crippen molar-refractivity contribution in [3.05, 3.63) is 41.8 Å². The molecule has 26 heavy (non-hydrogen) atoms. The van der Waals surface area contributed by atoms with E-state index < -0.39 is 16.7 Å². The molecule has 0 radical (unpaired) electrons. The van der Waals surface area contributed by atoms with E-state index >= 15 is 0 Å². The summed E-state index contributed by atoms with van der Waals surface area (Å²) in [6, 6.07) is 1.70. The van der Waals surface area contributed by atoms with Gasteiger partial charge in [0.1, 0.15) is 13.0 Å². The van der Waals surface area contributed by atoms with E-state index in [1.165, 1.54) is 16.8 Å². The number of pyridine rings is 1. The molecule has 0 saturated carbocycles. The molecule has 10 heteroatoms. The second-order valence-corrected chi connectivity index (χ2v) is 8.20. The number of nitrogens with zero attached hydrogens (tertiary/aromatic N) is 5. The number of oxazole rings is 1. The van der Waals surface area contributed by atoms with Gasteiger partial charge in [0.05, 0.1) is 6.20 Å². The monoisotopic (exact) mass is 379 g/mol. The van der Waals surface area contributed by atoms with Gasteiger partial charge in [-0.1, -0.05) is 0 Å². The lowest BCUT2D eigenvalue weighted by Crippen LogP contribution is -2.38. The van der Waals surface area contributed by atoms with Gasteiger partial charge in [0.25, 0.3) is 15.1 Å². The fourth-order valence-corrected chi connectivity index (χ4v) is 4.75. The van der Waals surface area contributed by atoms with Crippen molar-refractivity contribution < 1.29 is 17.2 Å². The summed E-state index contributed by atoms with van der Waals surface area (Å²) in [6.45, 7) is 1.69. The summed E-state index contributed by atoms with van der Waals surface area (Å²) in [5.74, 6) is 0.379. The van der Waals surface area contributed by atoms with Gasteiger partial charge < -0.3 is 4.42 Å². The van der Waals surface area contributed by atoms with Crippen LogP contribution in [0.25, 0.3) is 5.65 Å². The quantitative estimate of drug-likeness (QED) is 0.689. The molecule has 0 N–H and O–H groups in total. The fraction of sp³-hybridized carbons (Fsp3) is 0.438. The Morgan fingerprint density at radius 2 is 2.08 bits per heavy atom. The minimum Gasteiger partial charge on any atom is -0.428 e. The zero-order valence-electron chi connectivity index (χ0n) is 14.2. The van der Waals surface area contributed by atoms with Crippen LogP contribution in [-0.4, -0.2) is 45.4 Å². The molecule has 1 aliphatic heterocycles.